The highest BCUT2D eigenvalue weighted by molar-refractivity contribution is 6.35. The summed E-state index contributed by atoms with van der Waals surface area (Å²) in [6.45, 7) is 0.975. The van der Waals surface area contributed by atoms with Crippen LogP contribution in [0.3, 0.4) is 0 Å². The summed E-state index contributed by atoms with van der Waals surface area (Å²) in [7, 11) is 1.65. The molecule has 0 amide bonds. The van der Waals surface area contributed by atoms with Crippen molar-refractivity contribution in [2.75, 3.05) is 13.7 Å². The Bertz CT molecular complexity index is 757. The molecule has 8 heteroatoms. The first kappa shape index (κ1) is 23.7. The monoisotopic (exact) mass is 466 g/mol. The van der Waals surface area contributed by atoms with Gasteiger partial charge in [-0.2, -0.15) is 0 Å². The zero-order valence-electron chi connectivity index (χ0n) is 15.3. The molecular weight excluding hydrogens is 446 g/mol. The van der Waals surface area contributed by atoms with Crippen LogP contribution in [0.1, 0.15) is 24.0 Å². The van der Waals surface area contributed by atoms with Gasteiger partial charge in [-0.15, -0.1) is 0 Å². The highest BCUT2D eigenvalue weighted by Gasteiger charge is 2.24. The molecule has 3 rings (SSSR count). The van der Waals surface area contributed by atoms with Gasteiger partial charge in [0.05, 0.1) is 25.9 Å². The van der Waals surface area contributed by atoms with Gasteiger partial charge in [-0.1, -0.05) is 58.5 Å². The number of ether oxygens (including phenoxy) is 3. The molecule has 1 aliphatic rings. The van der Waals surface area contributed by atoms with Gasteiger partial charge < -0.3 is 19.3 Å². The van der Waals surface area contributed by atoms with E-state index in [-0.39, 0.29) is 19.0 Å². The van der Waals surface area contributed by atoms with Gasteiger partial charge in [-0.25, -0.2) is 0 Å². The minimum atomic E-state index is -0.0854. The molecule has 1 aliphatic heterocycles. The van der Waals surface area contributed by atoms with Gasteiger partial charge in [0.15, 0.2) is 6.29 Å². The van der Waals surface area contributed by atoms with Crippen LogP contribution >= 0.6 is 46.4 Å². The number of aliphatic hydroxyl groups is 1. The second-order valence-corrected chi connectivity index (χ2v) is 7.83. The van der Waals surface area contributed by atoms with Gasteiger partial charge in [0, 0.05) is 33.6 Å². The average molecular weight is 468 g/mol. The van der Waals surface area contributed by atoms with Crippen molar-refractivity contribution in [1.29, 1.82) is 0 Å². The lowest BCUT2D eigenvalue weighted by Crippen LogP contribution is -2.17. The molecule has 2 atom stereocenters. The molecule has 154 valence electrons. The molecule has 0 radical (unpaired) electrons. The fourth-order valence-electron chi connectivity index (χ4n) is 2.56. The predicted octanol–water partition coefficient (Wildman–Crippen LogP) is 6.15. The third-order valence-corrected chi connectivity index (χ3v) is 5.27. The predicted molar refractivity (Wildman–Crippen MR) is 113 cm³/mol. The molecule has 0 aliphatic carbocycles. The normalized spacial score (nSPS) is 18.6. The minimum absolute atomic E-state index is 0.0456. The third-order valence-electron chi connectivity index (χ3n) is 4.09. The zero-order valence-corrected chi connectivity index (χ0v) is 18.4. The Morgan fingerprint density at radius 3 is 2.07 bits per heavy atom. The molecule has 0 aromatic heterocycles. The van der Waals surface area contributed by atoms with Gasteiger partial charge in [-0.05, 0) is 41.8 Å². The van der Waals surface area contributed by atoms with E-state index in [0.29, 0.717) is 38.9 Å². The van der Waals surface area contributed by atoms with Crippen LogP contribution in [-0.4, -0.2) is 31.2 Å². The number of aliphatic hydroxyl groups excluding tert-OH is 1. The SMILES string of the molecule is COC1CCC(COCc2ccc(Cl)cc2Cl)O1.OCc1ccc(Cl)cc1Cl. The summed E-state index contributed by atoms with van der Waals surface area (Å²) >= 11 is 23.2. The van der Waals surface area contributed by atoms with Crippen molar-refractivity contribution < 1.29 is 19.3 Å². The first-order valence-corrected chi connectivity index (χ1v) is 10.2. The molecule has 2 aromatic carbocycles. The first-order chi connectivity index (χ1) is 13.4. The lowest BCUT2D eigenvalue weighted by Gasteiger charge is -2.13. The largest absolute Gasteiger partial charge is 0.392 e. The minimum Gasteiger partial charge on any atom is -0.392 e. The summed E-state index contributed by atoms with van der Waals surface area (Å²) in [4.78, 5) is 0. The molecule has 2 unspecified atom stereocenters. The van der Waals surface area contributed by atoms with E-state index in [1.165, 1.54) is 0 Å². The van der Waals surface area contributed by atoms with Gasteiger partial charge in [0.2, 0.25) is 0 Å². The van der Waals surface area contributed by atoms with E-state index in [9.17, 15) is 0 Å². The number of benzene rings is 2. The van der Waals surface area contributed by atoms with Gasteiger partial charge in [-0.3, -0.25) is 0 Å². The fourth-order valence-corrected chi connectivity index (χ4v) is 3.49. The van der Waals surface area contributed by atoms with Crippen LogP contribution in [0.2, 0.25) is 20.1 Å². The Morgan fingerprint density at radius 1 is 0.964 bits per heavy atom. The lowest BCUT2D eigenvalue weighted by molar-refractivity contribution is -0.129. The molecule has 1 N–H and O–H groups in total. The van der Waals surface area contributed by atoms with E-state index in [1.807, 2.05) is 6.07 Å². The van der Waals surface area contributed by atoms with E-state index >= 15 is 0 Å². The number of hydrogen-bond donors (Lipinski definition) is 1. The molecule has 4 nitrogen and oxygen atoms in total. The van der Waals surface area contributed by atoms with Crippen LogP contribution in [0, 0.1) is 0 Å². The topological polar surface area (TPSA) is 47.9 Å². The standard InChI is InChI=1S/C13H16Cl2O3.C7H6Cl2O/c1-16-13-5-4-11(18-13)8-17-7-9-2-3-10(14)6-12(9)15;8-6-2-1-5(4-10)7(9)3-6/h2-3,6,11,13H,4-5,7-8H2,1H3;1-3,10H,4H2. The van der Waals surface area contributed by atoms with E-state index < -0.39 is 0 Å². The van der Waals surface area contributed by atoms with Crippen LogP contribution in [0.25, 0.3) is 0 Å². The second-order valence-electron chi connectivity index (χ2n) is 6.15. The Morgan fingerprint density at radius 2 is 1.57 bits per heavy atom. The van der Waals surface area contributed by atoms with Gasteiger partial charge in [0.1, 0.15) is 0 Å². The Balaban J connectivity index is 0.000000237. The third kappa shape index (κ3) is 7.69. The quantitative estimate of drug-likeness (QED) is 0.553. The number of halogens is 4. The maximum Gasteiger partial charge on any atom is 0.157 e. The van der Waals surface area contributed by atoms with Crippen molar-refractivity contribution in [1.82, 2.24) is 0 Å². The molecular formula is C20H22Cl4O4. The first-order valence-electron chi connectivity index (χ1n) is 8.67. The van der Waals surface area contributed by atoms with E-state index in [1.54, 1.807) is 37.4 Å². The highest BCUT2D eigenvalue weighted by atomic mass is 35.5. The summed E-state index contributed by atoms with van der Waals surface area (Å²) in [5, 5.41) is 11.0. The van der Waals surface area contributed by atoms with Crippen LogP contribution in [-0.2, 0) is 27.4 Å². The summed E-state index contributed by atoms with van der Waals surface area (Å²) < 4.78 is 16.3. The van der Waals surface area contributed by atoms with Gasteiger partial charge >= 0.3 is 0 Å². The number of rotatable bonds is 6. The molecule has 2 aromatic rings. The smallest absolute Gasteiger partial charge is 0.157 e. The van der Waals surface area contributed by atoms with Crippen molar-refractivity contribution in [3.05, 3.63) is 67.6 Å². The van der Waals surface area contributed by atoms with Crippen molar-refractivity contribution in [3.8, 4) is 0 Å². The molecule has 1 fully saturated rings. The van der Waals surface area contributed by atoms with Crippen molar-refractivity contribution in [2.24, 2.45) is 0 Å². The van der Waals surface area contributed by atoms with E-state index in [0.717, 1.165) is 18.4 Å². The molecule has 28 heavy (non-hydrogen) atoms. The van der Waals surface area contributed by atoms with Crippen LogP contribution < -0.4 is 0 Å². The fraction of sp³-hybridized carbons (Fsp3) is 0.400. The van der Waals surface area contributed by atoms with E-state index in [2.05, 4.69) is 0 Å². The maximum absolute atomic E-state index is 8.68. The maximum atomic E-state index is 8.68. The van der Waals surface area contributed by atoms with Crippen LogP contribution in [0.15, 0.2) is 36.4 Å². The van der Waals surface area contributed by atoms with Crippen molar-refractivity contribution in [2.45, 2.75) is 38.4 Å². The van der Waals surface area contributed by atoms with Crippen molar-refractivity contribution >= 4 is 46.4 Å². The summed E-state index contributed by atoms with van der Waals surface area (Å²) in [5.41, 5.74) is 1.63. The molecule has 1 heterocycles. The van der Waals surface area contributed by atoms with Crippen LogP contribution in [0.4, 0.5) is 0 Å². The Hall–Kier alpha value is -0.560. The molecule has 0 spiro atoms. The summed E-state index contributed by atoms with van der Waals surface area (Å²) in [5.74, 6) is 0. The molecule has 1 saturated heterocycles. The molecule has 0 saturated carbocycles. The number of methoxy groups -OCH3 is 1. The average Bonchev–Trinajstić information content (AvgIpc) is 3.12. The molecule has 0 bridgehead atoms. The zero-order chi connectivity index (χ0) is 20.5. The van der Waals surface area contributed by atoms with Crippen molar-refractivity contribution in [3.63, 3.8) is 0 Å². The summed E-state index contributed by atoms with van der Waals surface area (Å²) in [6, 6.07) is 10.4. The van der Waals surface area contributed by atoms with E-state index in [4.69, 9.17) is 65.7 Å². The lowest BCUT2D eigenvalue weighted by atomic mass is 10.2. The summed E-state index contributed by atoms with van der Waals surface area (Å²) in [6.07, 6.45) is 1.91. The van der Waals surface area contributed by atoms with Gasteiger partial charge in [0.25, 0.3) is 0 Å². The second kappa shape index (κ2) is 12.2. The highest BCUT2D eigenvalue weighted by Crippen LogP contribution is 2.23. The number of hydrogen-bond acceptors (Lipinski definition) is 4. The Labute approximate surface area is 185 Å². The Kier molecular flexibility index (Phi) is 10.3. The van der Waals surface area contributed by atoms with Crippen LogP contribution in [0.5, 0.6) is 0 Å².